The van der Waals surface area contributed by atoms with Crippen LogP contribution in [0.2, 0.25) is 0 Å². The van der Waals surface area contributed by atoms with Gasteiger partial charge in [0.1, 0.15) is 11.5 Å². The number of allylic oxidation sites excluding steroid dienone is 8. The van der Waals surface area contributed by atoms with E-state index in [2.05, 4.69) is 0 Å². The van der Waals surface area contributed by atoms with E-state index in [0.29, 0.717) is 58.8 Å². The lowest BCUT2D eigenvalue weighted by atomic mass is 9.81. The van der Waals surface area contributed by atoms with Gasteiger partial charge in [-0.05, 0) is 108 Å². The van der Waals surface area contributed by atoms with Crippen LogP contribution in [0.1, 0.15) is 52.6 Å². The highest BCUT2D eigenvalue weighted by Gasteiger charge is 2.38. The third-order valence-corrected chi connectivity index (χ3v) is 11.1. The number of benzene rings is 5. The molecule has 0 saturated heterocycles. The van der Waals surface area contributed by atoms with Gasteiger partial charge in [-0.3, -0.25) is 0 Å². The van der Waals surface area contributed by atoms with Crippen molar-refractivity contribution < 1.29 is 35.5 Å². The fourth-order valence-electron chi connectivity index (χ4n) is 7.83. The molecule has 4 nitrogen and oxygen atoms in total. The SMILES string of the molecule is CN(C)c1ccc2c(c1)OC(c1ccccc1)=C/C2=C\C=C1/CCCC(/C=C/c2cc(-c3ccccc3)[o+]c3cc(N(C)C)ccc23)=C1c1cc(C(F)(F)F)cc(C(F)(F)F)c1. The van der Waals surface area contributed by atoms with Gasteiger partial charge in [0.2, 0.25) is 0 Å². The zero-order valence-electron chi connectivity index (χ0n) is 34.5. The molecule has 0 atom stereocenters. The summed E-state index contributed by atoms with van der Waals surface area (Å²) in [6.45, 7) is 0. The molecule has 0 radical (unpaired) electrons. The number of anilines is 2. The molecule has 6 aromatic rings. The van der Waals surface area contributed by atoms with Crippen LogP contribution in [0.25, 0.3) is 45.3 Å². The molecule has 5 aromatic carbocycles. The summed E-state index contributed by atoms with van der Waals surface area (Å²) in [6, 6.07) is 34.6. The van der Waals surface area contributed by atoms with Gasteiger partial charge in [-0.1, -0.05) is 72.8 Å². The highest BCUT2D eigenvalue weighted by molar-refractivity contribution is 5.93. The summed E-state index contributed by atoms with van der Waals surface area (Å²) < 4.78 is 99.3. The molecule has 2 heterocycles. The molecule has 0 bridgehead atoms. The van der Waals surface area contributed by atoms with E-state index < -0.39 is 23.5 Å². The smallest absolute Gasteiger partial charge is 0.416 e. The Morgan fingerprint density at radius 2 is 1.24 bits per heavy atom. The highest BCUT2D eigenvalue weighted by Crippen LogP contribution is 2.45. The Bertz CT molecular complexity index is 2780. The number of ether oxygens (including phenoxy) is 1. The van der Waals surface area contributed by atoms with Crippen LogP contribution in [-0.2, 0) is 12.4 Å². The van der Waals surface area contributed by atoms with Crippen LogP contribution in [0.5, 0.6) is 5.75 Å². The van der Waals surface area contributed by atoms with Gasteiger partial charge in [-0.25, -0.2) is 4.42 Å². The molecule has 0 fully saturated rings. The Morgan fingerprint density at radius 3 is 1.89 bits per heavy atom. The Balaban J connectivity index is 1.34. The van der Waals surface area contributed by atoms with E-state index in [-0.39, 0.29) is 11.6 Å². The first-order valence-electron chi connectivity index (χ1n) is 20.1. The van der Waals surface area contributed by atoms with Crippen molar-refractivity contribution >= 4 is 45.3 Å². The second-order valence-corrected chi connectivity index (χ2v) is 15.8. The van der Waals surface area contributed by atoms with E-state index in [1.165, 1.54) is 0 Å². The highest BCUT2D eigenvalue weighted by atomic mass is 19.4. The van der Waals surface area contributed by atoms with Crippen LogP contribution >= 0.6 is 0 Å². The van der Waals surface area contributed by atoms with Gasteiger partial charge in [0, 0.05) is 62.3 Å². The maximum Gasteiger partial charge on any atom is 0.416 e. The summed E-state index contributed by atoms with van der Waals surface area (Å²) >= 11 is 0. The molecule has 1 aliphatic heterocycles. The molecular formula is C52H43F6N2O2+. The fraction of sp³-hybridized carbons (Fsp3) is 0.173. The molecule has 0 spiro atoms. The third-order valence-electron chi connectivity index (χ3n) is 11.1. The lowest BCUT2D eigenvalue weighted by molar-refractivity contribution is -0.143. The summed E-state index contributed by atoms with van der Waals surface area (Å²) in [7, 11) is 7.72. The van der Waals surface area contributed by atoms with Crippen LogP contribution in [0.15, 0.2) is 161 Å². The quantitative estimate of drug-likeness (QED) is 0.113. The van der Waals surface area contributed by atoms with Crippen molar-refractivity contribution in [3.05, 3.63) is 190 Å². The molecule has 0 saturated carbocycles. The molecule has 8 rings (SSSR count). The number of halogens is 6. The van der Waals surface area contributed by atoms with Crippen LogP contribution in [0.4, 0.5) is 37.7 Å². The zero-order valence-corrected chi connectivity index (χ0v) is 34.5. The van der Waals surface area contributed by atoms with Crippen molar-refractivity contribution in [2.45, 2.75) is 31.6 Å². The summed E-state index contributed by atoms with van der Waals surface area (Å²) in [5.74, 6) is 1.82. The van der Waals surface area contributed by atoms with E-state index in [9.17, 15) is 26.3 Å². The topological polar surface area (TPSA) is 27.0 Å². The van der Waals surface area contributed by atoms with Crippen LogP contribution in [-0.4, -0.2) is 28.2 Å². The monoisotopic (exact) mass is 841 g/mol. The molecule has 314 valence electrons. The van der Waals surface area contributed by atoms with Gasteiger partial charge in [0.25, 0.3) is 0 Å². The van der Waals surface area contributed by atoms with Gasteiger partial charge in [-0.15, -0.1) is 0 Å². The molecule has 1 aliphatic carbocycles. The van der Waals surface area contributed by atoms with Gasteiger partial charge < -0.3 is 14.5 Å². The second kappa shape index (κ2) is 16.9. The third kappa shape index (κ3) is 8.96. The first-order valence-corrected chi connectivity index (χ1v) is 20.1. The van der Waals surface area contributed by atoms with Gasteiger partial charge in [-0.2, -0.15) is 26.3 Å². The summed E-state index contributed by atoms with van der Waals surface area (Å²) in [6.07, 6.45) is 0.728. The Labute approximate surface area is 356 Å². The molecule has 10 heteroatoms. The van der Waals surface area contributed by atoms with Crippen molar-refractivity contribution in [1.82, 2.24) is 0 Å². The average Bonchev–Trinajstić information content (AvgIpc) is 3.26. The molecule has 62 heavy (non-hydrogen) atoms. The second-order valence-electron chi connectivity index (χ2n) is 15.8. The van der Waals surface area contributed by atoms with Gasteiger partial charge in [0.15, 0.2) is 0 Å². The predicted molar refractivity (Wildman–Crippen MR) is 239 cm³/mol. The summed E-state index contributed by atoms with van der Waals surface area (Å²) in [5.41, 5.74) is 5.13. The standard InChI is InChI=1S/C52H43F6N2O2/c1-59(2)42-22-24-44-37(28-46(61-48(44)31-42)33-12-7-5-8-13-33)20-18-35-16-11-17-36(50(35)39-26-40(51(53,54)55)30-41(27-39)52(56,57)58)19-21-38-29-47(34-14-9-6-10-15-34)62-49-32-43(60(3)4)23-25-45(38)49/h5-10,12-15,18-32H,11,16-17H2,1-4H3/q+1. The largest absolute Gasteiger partial charge is 0.456 e. The molecular weight excluding hydrogens is 799 g/mol. The van der Waals surface area contributed by atoms with Crippen LogP contribution < -0.4 is 14.5 Å². The molecule has 0 amide bonds. The van der Waals surface area contributed by atoms with E-state index in [1.807, 2.05) is 171 Å². The number of nitrogens with zero attached hydrogens (tertiary/aromatic N) is 2. The number of rotatable bonds is 8. The number of hydrogen-bond donors (Lipinski definition) is 0. The number of fused-ring (bicyclic) bond motifs is 2. The lowest BCUT2D eigenvalue weighted by Gasteiger charge is -2.25. The minimum Gasteiger partial charge on any atom is -0.456 e. The summed E-state index contributed by atoms with van der Waals surface area (Å²) in [5, 5.41) is 0.792. The van der Waals surface area contributed by atoms with Crippen molar-refractivity contribution in [3.63, 3.8) is 0 Å². The molecule has 1 aromatic heterocycles. The molecule has 0 N–H and O–H groups in total. The van der Waals surface area contributed by atoms with E-state index in [1.54, 1.807) is 0 Å². The number of alkyl halides is 6. The van der Waals surface area contributed by atoms with Gasteiger partial charge >= 0.3 is 23.7 Å². The molecule has 0 unspecified atom stereocenters. The normalized spacial score (nSPS) is 15.9. The fourth-order valence-corrected chi connectivity index (χ4v) is 7.83. The zero-order chi connectivity index (χ0) is 43.8. The molecule has 2 aliphatic rings. The van der Waals surface area contributed by atoms with Crippen molar-refractivity contribution in [2.75, 3.05) is 38.0 Å². The van der Waals surface area contributed by atoms with E-state index >= 15 is 0 Å². The average molecular weight is 842 g/mol. The minimum absolute atomic E-state index is 0.159. The lowest BCUT2D eigenvalue weighted by Crippen LogP contribution is -2.13. The van der Waals surface area contributed by atoms with Crippen molar-refractivity contribution in [1.29, 1.82) is 0 Å². The Hall–Kier alpha value is -6.81. The Morgan fingerprint density at radius 1 is 0.613 bits per heavy atom. The Kier molecular flexibility index (Phi) is 11.4. The first-order chi connectivity index (χ1) is 29.6. The van der Waals surface area contributed by atoms with Crippen molar-refractivity contribution in [3.8, 4) is 17.1 Å². The van der Waals surface area contributed by atoms with E-state index in [4.69, 9.17) is 9.15 Å². The van der Waals surface area contributed by atoms with E-state index in [0.717, 1.165) is 56.7 Å². The van der Waals surface area contributed by atoms with Gasteiger partial charge in [0.05, 0.1) is 34.2 Å². The summed E-state index contributed by atoms with van der Waals surface area (Å²) in [4.78, 5) is 3.93. The maximum atomic E-state index is 14.4. The number of hydrogen-bond acceptors (Lipinski definition) is 3. The van der Waals surface area contributed by atoms with Crippen molar-refractivity contribution in [2.24, 2.45) is 0 Å². The minimum atomic E-state index is -5.02. The predicted octanol–water partition coefficient (Wildman–Crippen LogP) is 14.6. The first kappa shape index (κ1) is 41.9. The maximum absolute atomic E-state index is 14.4. The van der Waals surface area contributed by atoms with Crippen LogP contribution in [0.3, 0.4) is 0 Å². The van der Waals surface area contributed by atoms with Crippen LogP contribution in [0, 0.1) is 0 Å².